The summed E-state index contributed by atoms with van der Waals surface area (Å²) < 4.78 is 0. The average Bonchev–Trinajstić information content (AvgIpc) is 2.30. The molecule has 0 saturated heterocycles. The second kappa shape index (κ2) is 7.86. The summed E-state index contributed by atoms with van der Waals surface area (Å²) in [7, 11) is 0. The maximum atomic E-state index is 11.7. The first-order valence-corrected chi connectivity index (χ1v) is 7.08. The molecule has 0 aliphatic heterocycles. The third-order valence-electron chi connectivity index (χ3n) is 3.76. The molecule has 16 heavy (non-hydrogen) atoms. The Morgan fingerprint density at radius 2 is 1.62 bits per heavy atom. The molecule has 1 saturated carbocycles. The van der Waals surface area contributed by atoms with Crippen molar-refractivity contribution in [1.82, 2.24) is 0 Å². The summed E-state index contributed by atoms with van der Waals surface area (Å²) >= 11 is 0. The van der Waals surface area contributed by atoms with Crippen LogP contribution in [0.5, 0.6) is 0 Å². The second-order valence-electron chi connectivity index (χ2n) is 5.33. The van der Waals surface area contributed by atoms with E-state index in [2.05, 4.69) is 13.8 Å². The molecule has 0 bridgehead atoms. The Balaban J connectivity index is 0.00000106. The third-order valence-corrected chi connectivity index (χ3v) is 3.76. The van der Waals surface area contributed by atoms with Crippen molar-refractivity contribution in [2.75, 3.05) is 0 Å². The van der Waals surface area contributed by atoms with E-state index in [0.29, 0.717) is 5.78 Å². The first kappa shape index (κ1) is 15.7. The molecule has 0 atom stereocenters. The highest BCUT2D eigenvalue weighted by Gasteiger charge is 2.35. The van der Waals surface area contributed by atoms with Gasteiger partial charge in [-0.05, 0) is 32.1 Å². The van der Waals surface area contributed by atoms with Crippen molar-refractivity contribution in [3.8, 4) is 0 Å². The van der Waals surface area contributed by atoms with Crippen LogP contribution in [-0.2, 0) is 4.79 Å². The van der Waals surface area contributed by atoms with Crippen LogP contribution >= 0.6 is 0 Å². The molecule has 0 aromatic rings. The van der Waals surface area contributed by atoms with Crippen LogP contribution in [0.2, 0.25) is 0 Å². The van der Waals surface area contributed by atoms with Gasteiger partial charge in [-0.3, -0.25) is 4.79 Å². The number of ketones is 1. The standard InChI is InChI=1S/C13H24O.C2H6/c1-11(2)7-10-13(12(3)14)8-5-4-6-9-13;1-2/h11H,4-10H2,1-3H3;1-2H3. The Bertz CT molecular complexity index is 188. The zero-order chi connectivity index (χ0) is 12.6. The van der Waals surface area contributed by atoms with Crippen LogP contribution in [0.15, 0.2) is 0 Å². The topological polar surface area (TPSA) is 17.1 Å². The summed E-state index contributed by atoms with van der Waals surface area (Å²) in [5, 5.41) is 0. The molecule has 0 unspecified atom stereocenters. The van der Waals surface area contributed by atoms with Gasteiger partial charge in [-0.1, -0.05) is 53.4 Å². The highest BCUT2D eigenvalue weighted by molar-refractivity contribution is 5.82. The zero-order valence-corrected chi connectivity index (χ0v) is 11.9. The van der Waals surface area contributed by atoms with E-state index < -0.39 is 0 Å². The maximum absolute atomic E-state index is 11.7. The van der Waals surface area contributed by atoms with Gasteiger partial charge >= 0.3 is 0 Å². The Morgan fingerprint density at radius 1 is 1.12 bits per heavy atom. The van der Waals surface area contributed by atoms with Crippen LogP contribution in [-0.4, -0.2) is 5.78 Å². The first-order chi connectivity index (χ1) is 7.57. The number of carbonyl (C=O) groups excluding carboxylic acids is 1. The summed E-state index contributed by atoms with van der Waals surface area (Å²) in [6.07, 6.45) is 8.48. The van der Waals surface area contributed by atoms with E-state index in [0.717, 1.165) is 25.2 Å². The van der Waals surface area contributed by atoms with Gasteiger partial charge in [-0.2, -0.15) is 0 Å². The van der Waals surface area contributed by atoms with Gasteiger partial charge in [0.05, 0.1) is 0 Å². The minimum Gasteiger partial charge on any atom is -0.299 e. The first-order valence-electron chi connectivity index (χ1n) is 7.08. The lowest BCUT2D eigenvalue weighted by atomic mass is 9.68. The summed E-state index contributed by atoms with van der Waals surface area (Å²) in [6, 6.07) is 0. The van der Waals surface area contributed by atoms with E-state index in [1.54, 1.807) is 6.92 Å². The number of Topliss-reactive ketones (excluding diaryl/α,β-unsaturated/α-hetero) is 1. The van der Waals surface area contributed by atoms with Crippen molar-refractivity contribution in [1.29, 1.82) is 0 Å². The maximum Gasteiger partial charge on any atom is 0.135 e. The molecule has 0 radical (unpaired) electrons. The van der Waals surface area contributed by atoms with Crippen molar-refractivity contribution < 1.29 is 4.79 Å². The molecular weight excluding hydrogens is 196 g/mol. The number of hydrogen-bond acceptors (Lipinski definition) is 1. The van der Waals surface area contributed by atoms with Crippen LogP contribution in [0.1, 0.15) is 79.6 Å². The Kier molecular flexibility index (Phi) is 7.70. The fraction of sp³-hybridized carbons (Fsp3) is 0.933. The second-order valence-corrected chi connectivity index (χ2v) is 5.33. The fourth-order valence-electron chi connectivity index (χ4n) is 2.57. The highest BCUT2D eigenvalue weighted by atomic mass is 16.1. The van der Waals surface area contributed by atoms with Crippen molar-refractivity contribution in [2.45, 2.75) is 79.6 Å². The molecule has 0 heterocycles. The predicted octanol–water partition coefficient (Wildman–Crippen LogP) is 4.99. The molecule has 0 spiro atoms. The SMILES string of the molecule is CC.CC(=O)C1(CCC(C)C)CCCCC1. The van der Waals surface area contributed by atoms with Crippen molar-refractivity contribution in [3.05, 3.63) is 0 Å². The molecule has 96 valence electrons. The quantitative estimate of drug-likeness (QED) is 0.660. The molecule has 0 N–H and O–H groups in total. The Hall–Kier alpha value is -0.330. The van der Waals surface area contributed by atoms with Crippen molar-refractivity contribution in [2.24, 2.45) is 11.3 Å². The monoisotopic (exact) mass is 226 g/mol. The number of hydrogen-bond donors (Lipinski definition) is 0. The molecular formula is C15H30O. The van der Waals surface area contributed by atoms with Gasteiger partial charge in [-0.15, -0.1) is 0 Å². The lowest BCUT2D eigenvalue weighted by Crippen LogP contribution is -2.32. The van der Waals surface area contributed by atoms with Crippen LogP contribution in [0.25, 0.3) is 0 Å². The normalized spacial score (nSPS) is 18.9. The summed E-state index contributed by atoms with van der Waals surface area (Å²) in [5.74, 6) is 1.17. The van der Waals surface area contributed by atoms with Gasteiger partial charge in [-0.25, -0.2) is 0 Å². The predicted molar refractivity (Wildman–Crippen MR) is 71.6 cm³/mol. The molecule has 1 nitrogen and oxygen atoms in total. The average molecular weight is 226 g/mol. The van der Waals surface area contributed by atoms with Crippen LogP contribution in [0, 0.1) is 11.3 Å². The fourth-order valence-corrected chi connectivity index (χ4v) is 2.57. The van der Waals surface area contributed by atoms with Gasteiger partial charge in [0, 0.05) is 5.41 Å². The van der Waals surface area contributed by atoms with Gasteiger partial charge < -0.3 is 0 Å². The van der Waals surface area contributed by atoms with E-state index in [1.165, 1.54) is 25.7 Å². The van der Waals surface area contributed by atoms with Crippen LogP contribution < -0.4 is 0 Å². The molecule has 1 rings (SSSR count). The minimum absolute atomic E-state index is 0.0719. The van der Waals surface area contributed by atoms with Crippen LogP contribution in [0.4, 0.5) is 0 Å². The summed E-state index contributed by atoms with van der Waals surface area (Å²) in [4.78, 5) is 11.7. The largest absolute Gasteiger partial charge is 0.299 e. The van der Waals surface area contributed by atoms with Gasteiger partial charge in [0.2, 0.25) is 0 Å². The van der Waals surface area contributed by atoms with Gasteiger partial charge in [0.25, 0.3) is 0 Å². The summed E-state index contributed by atoms with van der Waals surface area (Å²) in [5.41, 5.74) is 0.0719. The molecule has 1 aliphatic rings. The summed E-state index contributed by atoms with van der Waals surface area (Å²) in [6.45, 7) is 10.3. The lowest BCUT2D eigenvalue weighted by Gasteiger charge is -2.35. The zero-order valence-electron chi connectivity index (χ0n) is 11.9. The molecule has 0 amide bonds. The number of rotatable bonds is 4. The highest BCUT2D eigenvalue weighted by Crippen LogP contribution is 2.41. The number of carbonyl (C=O) groups is 1. The van der Waals surface area contributed by atoms with E-state index in [4.69, 9.17) is 0 Å². The molecule has 0 aromatic heterocycles. The van der Waals surface area contributed by atoms with E-state index in [1.807, 2.05) is 13.8 Å². The Labute approximate surface area is 102 Å². The Morgan fingerprint density at radius 3 is 2.00 bits per heavy atom. The van der Waals surface area contributed by atoms with E-state index >= 15 is 0 Å². The van der Waals surface area contributed by atoms with Crippen LogP contribution in [0.3, 0.4) is 0 Å². The van der Waals surface area contributed by atoms with Crippen molar-refractivity contribution in [3.63, 3.8) is 0 Å². The van der Waals surface area contributed by atoms with E-state index in [9.17, 15) is 4.79 Å². The molecule has 1 fully saturated rings. The molecule has 0 aromatic carbocycles. The van der Waals surface area contributed by atoms with Gasteiger partial charge in [0.15, 0.2) is 0 Å². The smallest absolute Gasteiger partial charge is 0.135 e. The molecule has 1 aliphatic carbocycles. The lowest BCUT2D eigenvalue weighted by molar-refractivity contribution is -0.129. The third kappa shape index (κ3) is 4.67. The van der Waals surface area contributed by atoms with Gasteiger partial charge in [0.1, 0.15) is 5.78 Å². The van der Waals surface area contributed by atoms with Crippen molar-refractivity contribution >= 4 is 5.78 Å². The van der Waals surface area contributed by atoms with E-state index in [-0.39, 0.29) is 5.41 Å². The molecule has 1 heteroatoms. The minimum atomic E-state index is 0.0719.